The van der Waals surface area contributed by atoms with E-state index in [-0.39, 0.29) is 18.9 Å². The number of carboxylic acid groups (broad SMARTS) is 1. The summed E-state index contributed by atoms with van der Waals surface area (Å²) in [6.07, 6.45) is 1.39. The van der Waals surface area contributed by atoms with Gasteiger partial charge in [-0.3, -0.25) is 4.79 Å². The summed E-state index contributed by atoms with van der Waals surface area (Å²) in [5, 5.41) is 8.70. The number of isocyanates is 1. The Morgan fingerprint density at radius 1 is 1.40 bits per heavy atom. The molecule has 4 heteroatoms. The standard InChI is InChI=1S/C11H11NO3/c13-8-12-7-10(6-11(14)15)9-4-2-1-3-5-9/h1-5,10H,6-7H2,(H,14,15). The van der Waals surface area contributed by atoms with Crippen molar-refractivity contribution in [1.29, 1.82) is 0 Å². The van der Waals surface area contributed by atoms with E-state index in [0.29, 0.717) is 0 Å². The lowest BCUT2D eigenvalue weighted by Gasteiger charge is -2.11. The minimum Gasteiger partial charge on any atom is -0.481 e. The molecule has 1 aromatic rings. The summed E-state index contributed by atoms with van der Waals surface area (Å²) in [6, 6.07) is 9.16. The summed E-state index contributed by atoms with van der Waals surface area (Å²) in [5.41, 5.74) is 0.874. The number of aliphatic imine (C=N–C) groups is 1. The molecule has 78 valence electrons. The Morgan fingerprint density at radius 2 is 2.07 bits per heavy atom. The molecule has 15 heavy (non-hydrogen) atoms. The van der Waals surface area contributed by atoms with Crippen molar-refractivity contribution in [2.24, 2.45) is 4.99 Å². The first-order chi connectivity index (χ1) is 7.24. The highest BCUT2D eigenvalue weighted by molar-refractivity contribution is 5.68. The topological polar surface area (TPSA) is 66.7 Å². The second-order valence-electron chi connectivity index (χ2n) is 3.14. The Balaban J connectivity index is 2.80. The Bertz CT molecular complexity index is 365. The average Bonchev–Trinajstić information content (AvgIpc) is 2.25. The van der Waals surface area contributed by atoms with Crippen molar-refractivity contribution in [3.05, 3.63) is 35.9 Å². The lowest BCUT2D eigenvalue weighted by molar-refractivity contribution is -0.137. The number of carbonyl (C=O) groups is 1. The lowest BCUT2D eigenvalue weighted by atomic mass is 9.96. The van der Waals surface area contributed by atoms with Crippen molar-refractivity contribution in [3.8, 4) is 0 Å². The highest BCUT2D eigenvalue weighted by Crippen LogP contribution is 2.19. The highest BCUT2D eigenvalue weighted by atomic mass is 16.4. The van der Waals surface area contributed by atoms with Gasteiger partial charge in [0.05, 0.1) is 13.0 Å². The number of hydrogen-bond acceptors (Lipinski definition) is 3. The average molecular weight is 205 g/mol. The Morgan fingerprint density at radius 3 is 2.60 bits per heavy atom. The fourth-order valence-corrected chi connectivity index (χ4v) is 1.37. The van der Waals surface area contributed by atoms with Crippen LogP contribution in [-0.2, 0) is 9.59 Å². The lowest BCUT2D eigenvalue weighted by Crippen LogP contribution is -2.09. The van der Waals surface area contributed by atoms with E-state index in [4.69, 9.17) is 5.11 Å². The van der Waals surface area contributed by atoms with Crippen LogP contribution in [0.5, 0.6) is 0 Å². The molecule has 1 unspecified atom stereocenters. The summed E-state index contributed by atoms with van der Waals surface area (Å²) in [7, 11) is 0. The Hall–Kier alpha value is -1.93. The first kappa shape index (κ1) is 11.1. The van der Waals surface area contributed by atoms with E-state index in [2.05, 4.69) is 4.99 Å². The van der Waals surface area contributed by atoms with Gasteiger partial charge in [0.15, 0.2) is 0 Å². The summed E-state index contributed by atoms with van der Waals surface area (Å²) in [6.45, 7) is 0.166. The Labute approximate surface area is 87.3 Å². The van der Waals surface area contributed by atoms with Crippen molar-refractivity contribution in [2.45, 2.75) is 12.3 Å². The maximum atomic E-state index is 10.6. The van der Waals surface area contributed by atoms with E-state index < -0.39 is 5.97 Å². The number of aliphatic carboxylic acids is 1. The number of rotatable bonds is 5. The molecule has 0 heterocycles. The van der Waals surface area contributed by atoms with Crippen molar-refractivity contribution >= 4 is 12.0 Å². The molecule has 0 spiro atoms. The highest BCUT2D eigenvalue weighted by Gasteiger charge is 2.14. The zero-order valence-electron chi connectivity index (χ0n) is 8.09. The van der Waals surface area contributed by atoms with Crippen LogP contribution in [-0.4, -0.2) is 23.7 Å². The van der Waals surface area contributed by atoms with Crippen molar-refractivity contribution < 1.29 is 14.7 Å². The first-order valence-electron chi connectivity index (χ1n) is 4.54. The van der Waals surface area contributed by atoms with Crippen LogP contribution in [0.4, 0.5) is 0 Å². The van der Waals surface area contributed by atoms with Crippen LogP contribution in [0.3, 0.4) is 0 Å². The predicted molar refractivity (Wildman–Crippen MR) is 54.4 cm³/mol. The van der Waals surface area contributed by atoms with Crippen molar-refractivity contribution in [2.75, 3.05) is 6.54 Å². The molecule has 1 aromatic carbocycles. The van der Waals surface area contributed by atoms with Gasteiger partial charge in [-0.1, -0.05) is 30.3 Å². The third-order valence-electron chi connectivity index (χ3n) is 2.07. The van der Waals surface area contributed by atoms with Crippen LogP contribution < -0.4 is 0 Å². The number of nitrogens with zero attached hydrogens (tertiary/aromatic N) is 1. The largest absolute Gasteiger partial charge is 0.481 e. The van der Waals surface area contributed by atoms with Gasteiger partial charge in [-0.15, -0.1) is 0 Å². The van der Waals surface area contributed by atoms with E-state index in [1.165, 1.54) is 6.08 Å². The monoisotopic (exact) mass is 205 g/mol. The molecular formula is C11H11NO3. The van der Waals surface area contributed by atoms with Crippen LogP contribution in [0, 0.1) is 0 Å². The third-order valence-corrected chi connectivity index (χ3v) is 2.07. The summed E-state index contributed by atoms with van der Waals surface area (Å²) >= 11 is 0. The molecule has 0 saturated carbocycles. The number of benzene rings is 1. The molecular weight excluding hydrogens is 194 g/mol. The van der Waals surface area contributed by atoms with Crippen LogP contribution in [0.1, 0.15) is 17.9 Å². The summed E-state index contributed by atoms with van der Waals surface area (Å²) < 4.78 is 0. The van der Waals surface area contributed by atoms with E-state index in [0.717, 1.165) is 5.56 Å². The van der Waals surface area contributed by atoms with Crippen molar-refractivity contribution in [3.63, 3.8) is 0 Å². The maximum absolute atomic E-state index is 10.6. The maximum Gasteiger partial charge on any atom is 0.304 e. The number of hydrogen-bond donors (Lipinski definition) is 1. The summed E-state index contributed by atoms with van der Waals surface area (Å²) in [4.78, 5) is 24.0. The fraction of sp³-hybridized carbons (Fsp3) is 0.273. The smallest absolute Gasteiger partial charge is 0.304 e. The van der Waals surface area contributed by atoms with E-state index in [9.17, 15) is 9.59 Å². The second kappa shape index (κ2) is 5.73. The van der Waals surface area contributed by atoms with Gasteiger partial charge in [-0.05, 0) is 5.56 Å². The predicted octanol–water partition coefficient (Wildman–Crippen LogP) is 1.58. The van der Waals surface area contributed by atoms with Gasteiger partial charge >= 0.3 is 5.97 Å². The van der Waals surface area contributed by atoms with Gasteiger partial charge in [0.25, 0.3) is 0 Å². The SMILES string of the molecule is O=C=NCC(CC(=O)O)c1ccccc1. The molecule has 1 atom stereocenters. The molecule has 0 aliphatic rings. The van der Waals surface area contributed by atoms with Crippen LogP contribution in [0.15, 0.2) is 35.3 Å². The second-order valence-corrected chi connectivity index (χ2v) is 3.14. The molecule has 4 nitrogen and oxygen atoms in total. The van der Waals surface area contributed by atoms with Crippen LogP contribution >= 0.6 is 0 Å². The van der Waals surface area contributed by atoms with E-state index in [1.54, 1.807) is 0 Å². The van der Waals surface area contributed by atoms with Crippen molar-refractivity contribution in [1.82, 2.24) is 0 Å². The van der Waals surface area contributed by atoms with E-state index in [1.807, 2.05) is 30.3 Å². The van der Waals surface area contributed by atoms with Crippen LogP contribution in [0.25, 0.3) is 0 Å². The van der Waals surface area contributed by atoms with E-state index >= 15 is 0 Å². The Kier molecular flexibility index (Phi) is 4.26. The van der Waals surface area contributed by atoms with Gasteiger partial charge in [0.1, 0.15) is 0 Å². The van der Waals surface area contributed by atoms with Gasteiger partial charge in [-0.25, -0.2) is 9.79 Å². The van der Waals surface area contributed by atoms with Gasteiger partial charge in [0, 0.05) is 5.92 Å². The van der Waals surface area contributed by atoms with Gasteiger partial charge in [0.2, 0.25) is 6.08 Å². The quantitative estimate of drug-likeness (QED) is 0.586. The first-order valence-corrected chi connectivity index (χ1v) is 4.54. The zero-order chi connectivity index (χ0) is 11.1. The van der Waals surface area contributed by atoms with Gasteiger partial charge in [-0.2, -0.15) is 0 Å². The molecule has 0 saturated heterocycles. The molecule has 0 amide bonds. The minimum absolute atomic E-state index is 0.0325. The fourth-order valence-electron chi connectivity index (χ4n) is 1.37. The molecule has 1 rings (SSSR count). The molecule has 0 bridgehead atoms. The minimum atomic E-state index is -0.898. The third kappa shape index (κ3) is 3.75. The molecule has 0 radical (unpaired) electrons. The molecule has 0 aromatic heterocycles. The molecule has 0 aliphatic heterocycles. The molecule has 1 N–H and O–H groups in total. The molecule has 0 aliphatic carbocycles. The molecule has 0 fully saturated rings. The normalized spacial score (nSPS) is 11.5. The van der Waals surface area contributed by atoms with Gasteiger partial charge < -0.3 is 5.11 Å². The summed E-state index contributed by atoms with van der Waals surface area (Å²) in [5.74, 6) is -1.16. The zero-order valence-corrected chi connectivity index (χ0v) is 8.09. The number of carboxylic acids is 1. The number of carbonyl (C=O) groups excluding carboxylic acids is 1. The van der Waals surface area contributed by atoms with Crippen LogP contribution in [0.2, 0.25) is 0 Å².